The van der Waals surface area contributed by atoms with Gasteiger partial charge in [0.2, 0.25) is 0 Å². The fraction of sp³-hybridized carbons (Fsp3) is 0.429. The Morgan fingerprint density at radius 3 is 2.67 bits per heavy atom. The van der Waals surface area contributed by atoms with E-state index < -0.39 is 0 Å². The third-order valence-corrected chi connectivity index (χ3v) is 3.49. The molecule has 0 aliphatic heterocycles. The number of nitrogens with one attached hydrogen (secondary N) is 1. The second-order valence-corrected chi connectivity index (χ2v) is 4.92. The van der Waals surface area contributed by atoms with Crippen molar-refractivity contribution in [3.63, 3.8) is 0 Å². The molecule has 4 nitrogen and oxygen atoms in total. The average Bonchev–Trinajstić information content (AvgIpc) is 3.16. The van der Waals surface area contributed by atoms with Crippen molar-refractivity contribution >= 4 is 0 Å². The summed E-state index contributed by atoms with van der Waals surface area (Å²) in [7, 11) is 0. The summed E-state index contributed by atoms with van der Waals surface area (Å²) in [4.78, 5) is 4.04. The zero-order valence-corrected chi connectivity index (χ0v) is 10.8. The highest BCUT2D eigenvalue weighted by atomic mass is 15.3. The molecule has 0 amide bonds. The van der Waals surface area contributed by atoms with Gasteiger partial charge in [0.1, 0.15) is 0 Å². The van der Waals surface area contributed by atoms with Crippen molar-refractivity contribution in [3.8, 4) is 5.69 Å². The second kappa shape index (κ2) is 4.53. The van der Waals surface area contributed by atoms with Crippen LogP contribution in [0.15, 0.2) is 24.5 Å². The zero-order chi connectivity index (χ0) is 12.5. The van der Waals surface area contributed by atoms with Crippen LogP contribution in [0.5, 0.6) is 0 Å². The van der Waals surface area contributed by atoms with Crippen molar-refractivity contribution in [3.05, 3.63) is 41.5 Å². The first kappa shape index (κ1) is 11.4. The van der Waals surface area contributed by atoms with Gasteiger partial charge in [0, 0.05) is 36.2 Å². The van der Waals surface area contributed by atoms with Gasteiger partial charge in [-0.15, -0.1) is 0 Å². The van der Waals surface area contributed by atoms with Crippen LogP contribution in [-0.4, -0.2) is 20.8 Å². The molecule has 2 heterocycles. The fourth-order valence-corrected chi connectivity index (χ4v) is 2.20. The molecule has 0 radical (unpaired) electrons. The highest BCUT2D eigenvalue weighted by Crippen LogP contribution is 2.22. The van der Waals surface area contributed by atoms with Gasteiger partial charge < -0.3 is 5.32 Å². The van der Waals surface area contributed by atoms with Gasteiger partial charge >= 0.3 is 0 Å². The van der Waals surface area contributed by atoms with Crippen molar-refractivity contribution in [2.75, 3.05) is 0 Å². The lowest BCUT2D eigenvalue weighted by Gasteiger charge is -2.05. The minimum Gasteiger partial charge on any atom is -0.310 e. The first-order valence-corrected chi connectivity index (χ1v) is 6.44. The quantitative estimate of drug-likeness (QED) is 0.893. The molecular weight excluding hydrogens is 224 g/mol. The van der Waals surface area contributed by atoms with Crippen LogP contribution in [0.3, 0.4) is 0 Å². The van der Waals surface area contributed by atoms with Gasteiger partial charge in [-0.05, 0) is 38.8 Å². The zero-order valence-electron chi connectivity index (χ0n) is 10.8. The van der Waals surface area contributed by atoms with E-state index in [1.54, 1.807) is 12.4 Å². The number of rotatable bonds is 4. The summed E-state index contributed by atoms with van der Waals surface area (Å²) in [6, 6.07) is 4.70. The molecule has 3 rings (SSSR count). The molecule has 1 saturated carbocycles. The summed E-state index contributed by atoms with van der Waals surface area (Å²) in [6.07, 6.45) is 6.23. The molecule has 1 N–H and O–H groups in total. The van der Waals surface area contributed by atoms with Crippen LogP contribution in [0.1, 0.15) is 29.8 Å². The fourth-order valence-electron chi connectivity index (χ4n) is 2.20. The lowest BCUT2D eigenvalue weighted by atomic mass is 10.2. The van der Waals surface area contributed by atoms with E-state index in [4.69, 9.17) is 0 Å². The minimum atomic E-state index is 0.730. The molecule has 4 heteroatoms. The molecule has 0 aromatic carbocycles. The standard InChI is InChI=1S/C14H18N4/c1-10-14(9-16-12-3-4-12)11(2)18(17-10)13-5-7-15-8-6-13/h5-8,12,16H,3-4,9H2,1-2H3. The van der Waals surface area contributed by atoms with Crippen molar-refractivity contribution < 1.29 is 0 Å². The van der Waals surface area contributed by atoms with Crippen LogP contribution in [0, 0.1) is 13.8 Å². The molecule has 0 saturated heterocycles. The molecular formula is C14H18N4. The van der Waals surface area contributed by atoms with Gasteiger partial charge in [0.25, 0.3) is 0 Å². The molecule has 0 atom stereocenters. The van der Waals surface area contributed by atoms with Crippen LogP contribution in [0.4, 0.5) is 0 Å². The van der Waals surface area contributed by atoms with Crippen LogP contribution in [-0.2, 0) is 6.54 Å². The van der Waals surface area contributed by atoms with Crippen LogP contribution >= 0.6 is 0 Å². The molecule has 94 valence electrons. The molecule has 0 unspecified atom stereocenters. The maximum absolute atomic E-state index is 4.63. The van der Waals surface area contributed by atoms with E-state index in [0.717, 1.165) is 24.0 Å². The summed E-state index contributed by atoms with van der Waals surface area (Å²) < 4.78 is 2.00. The van der Waals surface area contributed by atoms with E-state index >= 15 is 0 Å². The Hall–Kier alpha value is -1.68. The Labute approximate surface area is 107 Å². The van der Waals surface area contributed by atoms with E-state index in [0.29, 0.717) is 0 Å². The second-order valence-electron chi connectivity index (χ2n) is 4.92. The van der Waals surface area contributed by atoms with Crippen molar-refractivity contribution in [1.29, 1.82) is 0 Å². The van der Waals surface area contributed by atoms with Gasteiger partial charge in [-0.2, -0.15) is 5.10 Å². The Bertz CT molecular complexity index is 540. The topological polar surface area (TPSA) is 42.7 Å². The monoisotopic (exact) mass is 242 g/mol. The third-order valence-electron chi connectivity index (χ3n) is 3.49. The molecule has 2 aromatic heterocycles. The molecule has 1 aliphatic rings. The molecule has 2 aromatic rings. The summed E-state index contributed by atoms with van der Waals surface area (Å²) in [6.45, 7) is 5.13. The first-order valence-electron chi connectivity index (χ1n) is 6.44. The lowest BCUT2D eigenvalue weighted by Crippen LogP contribution is -2.16. The molecule has 1 aliphatic carbocycles. The summed E-state index contributed by atoms with van der Waals surface area (Å²) in [5.74, 6) is 0. The van der Waals surface area contributed by atoms with Crippen molar-refractivity contribution in [1.82, 2.24) is 20.1 Å². The van der Waals surface area contributed by atoms with Gasteiger partial charge in [0.05, 0.1) is 11.4 Å². The SMILES string of the molecule is Cc1nn(-c2ccncc2)c(C)c1CNC1CC1. The Kier molecular flexibility index (Phi) is 2.88. The van der Waals surface area contributed by atoms with Crippen molar-refractivity contribution in [2.24, 2.45) is 0 Å². The number of hydrogen-bond acceptors (Lipinski definition) is 3. The predicted octanol–water partition coefficient (Wildman–Crippen LogP) is 2.14. The minimum absolute atomic E-state index is 0.730. The van der Waals surface area contributed by atoms with Crippen molar-refractivity contribution in [2.45, 2.75) is 39.3 Å². The number of nitrogens with zero attached hydrogens (tertiary/aromatic N) is 3. The summed E-state index contributed by atoms with van der Waals surface area (Å²) in [5.41, 5.74) is 4.71. The summed E-state index contributed by atoms with van der Waals surface area (Å²) in [5, 5.41) is 8.18. The van der Waals surface area contributed by atoms with E-state index in [1.807, 2.05) is 16.8 Å². The van der Waals surface area contributed by atoms with Gasteiger partial charge in [-0.25, -0.2) is 4.68 Å². The summed E-state index contributed by atoms with van der Waals surface area (Å²) >= 11 is 0. The Morgan fingerprint density at radius 1 is 1.28 bits per heavy atom. The maximum Gasteiger partial charge on any atom is 0.0679 e. The number of pyridine rings is 1. The number of aromatic nitrogens is 3. The van der Waals surface area contributed by atoms with E-state index in [2.05, 4.69) is 29.2 Å². The third kappa shape index (κ3) is 2.16. The molecule has 0 bridgehead atoms. The normalized spacial score (nSPS) is 15.0. The Balaban J connectivity index is 1.89. The van der Waals surface area contributed by atoms with Crippen LogP contribution in [0.25, 0.3) is 5.69 Å². The van der Waals surface area contributed by atoms with E-state index in [9.17, 15) is 0 Å². The molecule has 1 fully saturated rings. The average molecular weight is 242 g/mol. The molecule has 18 heavy (non-hydrogen) atoms. The highest BCUT2D eigenvalue weighted by molar-refractivity contribution is 5.35. The van der Waals surface area contributed by atoms with E-state index in [-0.39, 0.29) is 0 Å². The lowest BCUT2D eigenvalue weighted by molar-refractivity contribution is 0.682. The molecule has 0 spiro atoms. The number of aryl methyl sites for hydroxylation is 1. The largest absolute Gasteiger partial charge is 0.310 e. The number of hydrogen-bond donors (Lipinski definition) is 1. The van der Waals surface area contributed by atoms with Gasteiger partial charge in [-0.1, -0.05) is 0 Å². The first-order chi connectivity index (χ1) is 8.75. The van der Waals surface area contributed by atoms with Crippen LogP contribution < -0.4 is 5.32 Å². The van der Waals surface area contributed by atoms with E-state index in [1.165, 1.54) is 24.1 Å². The maximum atomic E-state index is 4.63. The van der Waals surface area contributed by atoms with Crippen LogP contribution in [0.2, 0.25) is 0 Å². The highest BCUT2D eigenvalue weighted by Gasteiger charge is 2.21. The predicted molar refractivity (Wildman–Crippen MR) is 70.7 cm³/mol. The smallest absolute Gasteiger partial charge is 0.0679 e. The van der Waals surface area contributed by atoms with Gasteiger partial charge in [-0.3, -0.25) is 4.98 Å². The van der Waals surface area contributed by atoms with Gasteiger partial charge in [0.15, 0.2) is 0 Å². The Morgan fingerprint density at radius 2 is 2.00 bits per heavy atom.